The van der Waals surface area contributed by atoms with Crippen LogP contribution in [0.3, 0.4) is 0 Å². The van der Waals surface area contributed by atoms with Crippen LogP contribution in [-0.2, 0) is 0 Å². The Bertz CT molecular complexity index is 159. The molecule has 0 aromatic carbocycles. The number of hydrogen-bond donors (Lipinski definition) is 2. The van der Waals surface area contributed by atoms with E-state index >= 15 is 0 Å². The zero-order chi connectivity index (χ0) is 8.69. The molecule has 0 aliphatic carbocycles. The third kappa shape index (κ3) is 5.52. The van der Waals surface area contributed by atoms with Gasteiger partial charge in [0, 0.05) is 11.9 Å². The molecule has 0 aliphatic heterocycles. The van der Waals surface area contributed by atoms with Crippen molar-refractivity contribution in [2.75, 3.05) is 0 Å². The first kappa shape index (κ1) is 10.1. The van der Waals surface area contributed by atoms with E-state index in [4.69, 9.17) is 10.8 Å². The topological polar surface area (TPSA) is 47.7 Å². The van der Waals surface area contributed by atoms with Crippen molar-refractivity contribution in [3.8, 4) is 0 Å². The van der Waals surface area contributed by atoms with Crippen molar-refractivity contribution in [3.63, 3.8) is 0 Å². The molecular formula is C9H16N2. The summed E-state index contributed by atoms with van der Waals surface area (Å²) in [6, 6.07) is 0. The van der Waals surface area contributed by atoms with Crippen LogP contribution in [-0.4, -0.2) is 11.9 Å². The number of allylic oxidation sites excluding steroid dienone is 2. The van der Waals surface area contributed by atoms with Crippen molar-refractivity contribution in [2.24, 2.45) is 5.92 Å². The molecule has 0 saturated heterocycles. The maximum absolute atomic E-state index is 7.44. The lowest BCUT2D eigenvalue weighted by molar-refractivity contribution is 0.587. The Hall–Kier alpha value is -0.920. The maximum atomic E-state index is 7.44. The SMILES string of the molecule is CCC(C)CC(=N)/C=C\C=N. The second kappa shape index (κ2) is 5.83. The Morgan fingerprint density at radius 2 is 2.18 bits per heavy atom. The van der Waals surface area contributed by atoms with Gasteiger partial charge in [-0.25, -0.2) is 0 Å². The van der Waals surface area contributed by atoms with Crippen LogP contribution in [0, 0.1) is 16.7 Å². The van der Waals surface area contributed by atoms with Gasteiger partial charge in [-0.3, -0.25) is 0 Å². The van der Waals surface area contributed by atoms with Crippen molar-refractivity contribution in [1.82, 2.24) is 0 Å². The van der Waals surface area contributed by atoms with Crippen LogP contribution in [0.25, 0.3) is 0 Å². The Morgan fingerprint density at radius 1 is 1.55 bits per heavy atom. The second-order valence-electron chi connectivity index (χ2n) is 2.77. The van der Waals surface area contributed by atoms with Crippen molar-refractivity contribution >= 4 is 11.9 Å². The molecule has 0 saturated carbocycles. The summed E-state index contributed by atoms with van der Waals surface area (Å²) >= 11 is 0. The largest absolute Gasteiger partial charge is 0.309 e. The molecule has 0 heterocycles. The average Bonchev–Trinajstić information content (AvgIpc) is 2.00. The minimum atomic E-state index is 0.581. The Morgan fingerprint density at radius 3 is 2.64 bits per heavy atom. The Labute approximate surface area is 68.3 Å². The van der Waals surface area contributed by atoms with Gasteiger partial charge in [0.25, 0.3) is 0 Å². The van der Waals surface area contributed by atoms with Crippen molar-refractivity contribution in [1.29, 1.82) is 10.8 Å². The van der Waals surface area contributed by atoms with Crippen molar-refractivity contribution in [2.45, 2.75) is 26.7 Å². The van der Waals surface area contributed by atoms with E-state index in [0.29, 0.717) is 11.6 Å². The van der Waals surface area contributed by atoms with Gasteiger partial charge in [0.05, 0.1) is 0 Å². The van der Waals surface area contributed by atoms with E-state index in [1.54, 1.807) is 12.2 Å². The fourth-order valence-electron chi connectivity index (χ4n) is 0.752. The summed E-state index contributed by atoms with van der Waals surface area (Å²) in [6.45, 7) is 4.26. The van der Waals surface area contributed by atoms with E-state index in [-0.39, 0.29) is 0 Å². The third-order valence-electron chi connectivity index (χ3n) is 1.66. The molecule has 0 fully saturated rings. The quantitative estimate of drug-likeness (QED) is 0.569. The fourth-order valence-corrected chi connectivity index (χ4v) is 0.752. The van der Waals surface area contributed by atoms with Crippen molar-refractivity contribution < 1.29 is 0 Å². The third-order valence-corrected chi connectivity index (χ3v) is 1.66. The van der Waals surface area contributed by atoms with Crippen LogP contribution in [0.4, 0.5) is 0 Å². The van der Waals surface area contributed by atoms with Gasteiger partial charge in [0.2, 0.25) is 0 Å². The smallest absolute Gasteiger partial charge is 0.0317 e. The van der Waals surface area contributed by atoms with Gasteiger partial charge in [-0.15, -0.1) is 0 Å². The molecule has 2 heteroatoms. The van der Waals surface area contributed by atoms with Gasteiger partial charge < -0.3 is 10.8 Å². The summed E-state index contributed by atoms with van der Waals surface area (Å²) in [5.41, 5.74) is 0.614. The highest BCUT2D eigenvalue weighted by molar-refractivity contribution is 5.95. The standard InChI is InChI=1S/C9H16N2/c1-3-8(2)7-9(11)5-4-6-10/h4-6,8,10-11H,3,7H2,1-2H3/b5-4-,10-6?,11-9?. The second-order valence-corrected chi connectivity index (χ2v) is 2.77. The molecule has 2 nitrogen and oxygen atoms in total. The first-order chi connectivity index (χ1) is 5.20. The van der Waals surface area contributed by atoms with Gasteiger partial charge in [0.15, 0.2) is 0 Å². The van der Waals surface area contributed by atoms with Crippen LogP contribution in [0.1, 0.15) is 26.7 Å². The lowest BCUT2D eigenvalue weighted by Crippen LogP contribution is -2.00. The van der Waals surface area contributed by atoms with E-state index in [9.17, 15) is 0 Å². The monoisotopic (exact) mass is 152 g/mol. The molecule has 0 aromatic rings. The van der Waals surface area contributed by atoms with E-state index in [0.717, 1.165) is 12.8 Å². The van der Waals surface area contributed by atoms with Gasteiger partial charge >= 0.3 is 0 Å². The normalized spacial score (nSPS) is 13.3. The summed E-state index contributed by atoms with van der Waals surface area (Å²) in [5, 5.41) is 14.2. The summed E-state index contributed by atoms with van der Waals surface area (Å²) in [7, 11) is 0. The highest BCUT2D eigenvalue weighted by Gasteiger charge is 1.99. The maximum Gasteiger partial charge on any atom is 0.0317 e. The molecule has 0 aliphatic rings. The molecule has 62 valence electrons. The number of rotatable bonds is 5. The molecular weight excluding hydrogens is 136 g/mol. The lowest BCUT2D eigenvalue weighted by atomic mass is 10.0. The van der Waals surface area contributed by atoms with Crippen LogP contribution in [0.5, 0.6) is 0 Å². The molecule has 1 unspecified atom stereocenters. The first-order valence-corrected chi connectivity index (χ1v) is 3.95. The summed E-state index contributed by atoms with van der Waals surface area (Å²) in [4.78, 5) is 0. The molecule has 0 bridgehead atoms. The van der Waals surface area contributed by atoms with Gasteiger partial charge in [-0.2, -0.15) is 0 Å². The fraction of sp³-hybridized carbons (Fsp3) is 0.556. The first-order valence-electron chi connectivity index (χ1n) is 3.95. The van der Waals surface area contributed by atoms with Gasteiger partial charge in [0.1, 0.15) is 0 Å². The average molecular weight is 152 g/mol. The van der Waals surface area contributed by atoms with E-state index < -0.39 is 0 Å². The van der Waals surface area contributed by atoms with Crippen LogP contribution in [0.15, 0.2) is 12.2 Å². The minimum absolute atomic E-state index is 0.581. The summed E-state index contributed by atoms with van der Waals surface area (Å²) < 4.78 is 0. The molecule has 0 spiro atoms. The molecule has 0 amide bonds. The summed E-state index contributed by atoms with van der Waals surface area (Å²) in [5.74, 6) is 0.581. The molecule has 11 heavy (non-hydrogen) atoms. The molecule has 0 radical (unpaired) electrons. The predicted octanol–water partition coefficient (Wildman–Crippen LogP) is 2.65. The van der Waals surface area contributed by atoms with Crippen molar-refractivity contribution in [3.05, 3.63) is 12.2 Å². The van der Waals surface area contributed by atoms with Crippen LogP contribution in [0.2, 0.25) is 0 Å². The van der Waals surface area contributed by atoms with Gasteiger partial charge in [-0.05, 0) is 24.5 Å². The van der Waals surface area contributed by atoms with Crippen LogP contribution < -0.4 is 0 Å². The lowest BCUT2D eigenvalue weighted by Gasteiger charge is -2.05. The van der Waals surface area contributed by atoms with E-state index in [2.05, 4.69) is 13.8 Å². The van der Waals surface area contributed by atoms with E-state index in [1.807, 2.05) is 0 Å². The highest BCUT2D eigenvalue weighted by atomic mass is 14.4. The zero-order valence-electron chi connectivity index (χ0n) is 7.22. The summed E-state index contributed by atoms with van der Waals surface area (Å²) in [6.07, 6.45) is 6.40. The number of hydrogen-bond acceptors (Lipinski definition) is 2. The molecule has 2 N–H and O–H groups in total. The van der Waals surface area contributed by atoms with E-state index in [1.165, 1.54) is 6.21 Å². The van der Waals surface area contributed by atoms with Crippen LogP contribution >= 0.6 is 0 Å². The molecule has 0 aromatic heterocycles. The zero-order valence-corrected chi connectivity index (χ0v) is 7.22. The highest BCUT2D eigenvalue weighted by Crippen LogP contribution is 2.06. The Balaban J connectivity index is 3.68. The Kier molecular flexibility index (Phi) is 5.35. The minimum Gasteiger partial charge on any atom is -0.309 e. The molecule has 1 atom stereocenters. The number of nitrogens with one attached hydrogen (secondary N) is 2. The molecule has 0 rings (SSSR count). The predicted molar refractivity (Wildman–Crippen MR) is 49.7 cm³/mol. The van der Waals surface area contributed by atoms with Gasteiger partial charge in [-0.1, -0.05) is 20.3 Å².